The number of benzene rings is 2. The Kier molecular flexibility index (Phi) is 3.22. The molecule has 1 aliphatic carbocycles. The molecule has 0 saturated carbocycles. The molecule has 0 saturated heterocycles. The van der Waals surface area contributed by atoms with Crippen molar-refractivity contribution in [1.29, 1.82) is 0 Å². The van der Waals surface area contributed by atoms with Crippen LogP contribution in [-0.2, 0) is 0 Å². The Balaban J connectivity index is 1.83. The lowest BCUT2D eigenvalue weighted by Gasteiger charge is -2.10. The van der Waals surface area contributed by atoms with Crippen molar-refractivity contribution in [3.63, 3.8) is 0 Å². The van der Waals surface area contributed by atoms with Crippen LogP contribution in [0.2, 0.25) is 5.02 Å². The third-order valence-electron chi connectivity index (χ3n) is 3.48. The first-order chi connectivity index (χ1) is 9.25. The average Bonchev–Trinajstić information content (AvgIpc) is 2.83. The topological polar surface area (TPSA) is 17.1 Å². The molecule has 0 heterocycles. The number of hydrogen-bond acceptors (Lipinski definition) is 1. The second-order valence-electron chi connectivity index (χ2n) is 4.70. The van der Waals surface area contributed by atoms with E-state index in [9.17, 15) is 4.79 Å². The molecule has 1 atom stereocenters. The lowest BCUT2D eigenvalue weighted by atomic mass is 9.93. The predicted octanol–water partition coefficient (Wildman–Crippen LogP) is 4.72. The van der Waals surface area contributed by atoms with Gasteiger partial charge in [-0.05, 0) is 23.3 Å². The summed E-state index contributed by atoms with van der Waals surface area (Å²) in [6.45, 7) is 0. The van der Waals surface area contributed by atoms with Gasteiger partial charge in [0.15, 0.2) is 5.78 Å². The van der Waals surface area contributed by atoms with Crippen molar-refractivity contribution in [2.24, 2.45) is 0 Å². The molecule has 94 valence electrons. The van der Waals surface area contributed by atoms with E-state index in [4.69, 9.17) is 11.6 Å². The van der Waals surface area contributed by atoms with Gasteiger partial charge in [-0.15, -0.1) is 0 Å². The maximum absolute atomic E-state index is 12.3. The van der Waals surface area contributed by atoms with Crippen LogP contribution in [0.3, 0.4) is 0 Å². The Morgan fingerprint density at radius 1 is 1.05 bits per heavy atom. The van der Waals surface area contributed by atoms with Gasteiger partial charge < -0.3 is 0 Å². The van der Waals surface area contributed by atoms with Gasteiger partial charge in [0.25, 0.3) is 0 Å². The minimum absolute atomic E-state index is 0.0944. The van der Waals surface area contributed by atoms with Crippen LogP contribution in [0.15, 0.2) is 54.6 Å². The highest BCUT2D eigenvalue weighted by atomic mass is 35.5. The summed E-state index contributed by atoms with van der Waals surface area (Å²) in [6.07, 6.45) is 4.65. The van der Waals surface area contributed by atoms with Crippen LogP contribution in [-0.4, -0.2) is 5.78 Å². The number of carbonyl (C=O) groups is 1. The summed E-state index contributed by atoms with van der Waals surface area (Å²) >= 11 is 6.07. The Morgan fingerprint density at radius 3 is 2.63 bits per heavy atom. The van der Waals surface area contributed by atoms with E-state index in [1.807, 2.05) is 24.3 Å². The summed E-state index contributed by atoms with van der Waals surface area (Å²) in [5.74, 6) is 0.261. The largest absolute Gasteiger partial charge is 0.294 e. The van der Waals surface area contributed by atoms with E-state index in [-0.39, 0.29) is 11.7 Å². The molecule has 0 fully saturated rings. The van der Waals surface area contributed by atoms with Crippen LogP contribution >= 0.6 is 11.6 Å². The van der Waals surface area contributed by atoms with Gasteiger partial charge in [0.1, 0.15) is 0 Å². The maximum atomic E-state index is 12.3. The summed E-state index contributed by atoms with van der Waals surface area (Å²) in [7, 11) is 0. The molecule has 1 aliphatic rings. The van der Waals surface area contributed by atoms with E-state index in [0.717, 1.165) is 0 Å². The quantitative estimate of drug-likeness (QED) is 0.736. The summed E-state index contributed by atoms with van der Waals surface area (Å²) in [5.41, 5.74) is 3.05. The fourth-order valence-corrected chi connectivity index (χ4v) is 2.74. The molecule has 2 aromatic carbocycles. The number of rotatable bonds is 3. The third kappa shape index (κ3) is 2.34. The molecule has 0 amide bonds. The fourth-order valence-electron chi connectivity index (χ4n) is 2.50. The molecule has 0 N–H and O–H groups in total. The molecule has 0 spiro atoms. The van der Waals surface area contributed by atoms with Crippen LogP contribution in [0.1, 0.15) is 33.8 Å². The lowest BCUT2D eigenvalue weighted by Crippen LogP contribution is -2.05. The number of allylic oxidation sites excluding steroid dienone is 1. The Hall–Kier alpha value is -1.86. The van der Waals surface area contributed by atoms with Crippen LogP contribution < -0.4 is 0 Å². The van der Waals surface area contributed by atoms with Crippen molar-refractivity contribution < 1.29 is 4.79 Å². The van der Waals surface area contributed by atoms with E-state index in [1.54, 1.807) is 12.1 Å². The molecule has 1 nitrogen and oxygen atoms in total. The van der Waals surface area contributed by atoms with E-state index >= 15 is 0 Å². The van der Waals surface area contributed by atoms with Gasteiger partial charge in [0.2, 0.25) is 0 Å². The predicted molar refractivity (Wildman–Crippen MR) is 78.6 cm³/mol. The molecular weight excluding hydrogens is 256 g/mol. The van der Waals surface area contributed by atoms with Gasteiger partial charge in [-0.1, -0.05) is 60.2 Å². The van der Waals surface area contributed by atoms with Gasteiger partial charge in [0, 0.05) is 17.9 Å². The second kappa shape index (κ2) is 5.02. The van der Waals surface area contributed by atoms with Gasteiger partial charge in [-0.2, -0.15) is 0 Å². The first-order valence-corrected chi connectivity index (χ1v) is 6.68. The van der Waals surface area contributed by atoms with Gasteiger partial charge in [0.05, 0.1) is 5.02 Å². The molecule has 0 bridgehead atoms. The highest BCUT2D eigenvalue weighted by Gasteiger charge is 2.21. The molecule has 2 heteroatoms. The number of ketones is 1. The highest BCUT2D eigenvalue weighted by Crippen LogP contribution is 2.33. The minimum Gasteiger partial charge on any atom is -0.294 e. The van der Waals surface area contributed by atoms with E-state index < -0.39 is 0 Å². The molecule has 0 aromatic heterocycles. The van der Waals surface area contributed by atoms with Crippen molar-refractivity contribution in [1.82, 2.24) is 0 Å². The summed E-state index contributed by atoms with van der Waals surface area (Å²) in [6, 6.07) is 15.4. The second-order valence-corrected chi connectivity index (χ2v) is 5.11. The highest BCUT2D eigenvalue weighted by molar-refractivity contribution is 6.34. The Bertz CT molecular complexity index is 658. The zero-order chi connectivity index (χ0) is 13.2. The lowest BCUT2D eigenvalue weighted by molar-refractivity contribution is 0.0979. The first-order valence-electron chi connectivity index (χ1n) is 6.30. The minimum atomic E-state index is 0.0944. The van der Waals surface area contributed by atoms with E-state index in [0.29, 0.717) is 17.0 Å². The Morgan fingerprint density at radius 2 is 1.79 bits per heavy atom. The molecule has 2 aromatic rings. The number of Topliss-reactive ketones (excluding diaryl/α,β-unsaturated/α-hetero) is 1. The van der Waals surface area contributed by atoms with Crippen LogP contribution in [0.5, 0.6) is 0 Å². The molecule has 19 heavy (non-hydrogen) atoms. The third-order valence-corrected chi connectivity index (χ3v) is 3.81. The number of hydrogen-bond donors (Lipinski definition) is 0. The van der Waals surface area contributed by atoms with Crippen molar-refractivity contribution in [3.05, 3.63) is 76.3 Å². The first kappa shape index (κ1) is 12.2. The van der Waals surface area contributed by atoms with Crippen molar-refractivity contribution in [2.45, 2.75) is 12.3 Å². The zero-order valence-electron chi connectivity index (χ0n) is 10.3. The van der Waals surface area contributed by atoms with Crippen LogP contribution in [0.4, 0.5) is 0 Å². The van der Waals surface area contributed by atoms with Gasteiger partial charge >= 0.3 is 0 Å². The van der Waals surface area contributed by atoms with E-state index in [1.165, 1.54) is 11.1 Å². The summed E-state index contributed by atoms with van der Waals surface area (Å²) in [5, 5.41) is 0.530. The standard InChI is InChI=1S/C17H13ClO/c18-16-8-4-3-7-15(16)17(19)11-13-10-9-12-5-1-2-6-14(12)13/h1-10,13H,11H2. The van der Waals surface area contributed by atoms with Crippen molar-refractivity contribution in [3.8, 4) is 0 Å². The average molecular weight is 269 g/mol. The smallest absolute Gasteiger partial charge is 0.165 e. The fraction of sp³-hybridized carbons (Fsp3) is 0.118. The van der Waals surface area contributed by atoms with E-state index in [2.05, 4.69) is 24.3 Å². The monoisotopic (exact) mass is 268 g/mol. The van der Waals surface area contributed by atoms with Gasteiger partial charge in [-0.25, -0.2) is 0 Å². The summed E-state index contributed by atoms with van der Waals surface area (Å²) < 4.78 is 0. The molecular formula is C17H13ClO. The molecule has 3 rings (SSSR count). The normalized spacial score (nSPS) is 16.4. The van der Waals surface area contributed by atoms with Crippen LogP contribution in [0, 0.1) is 0 Å². The molecule has 1 unspecified atom stereocenters. The Labute approximate surface area is 117 Å². The maximum Gasteiger partial charge on any atom is 0.165 e. The van der Waals surface area contributed by atoms with Crippen LogP contribution in [0.25, 0.3) is 6.08 Å². The number of carbonyl (C=O) groups excluding carboxylic acids is 1. The SMILES string of the molecule is O=C(CC1C=Cc2ccccc21)c1ccccc1Cl. The molecule has 0 radical (unpaired) electrons. The molecule has 0 aliphatic heterocycles. The zero-order valence-corrected chi connectivity index (χ0v) is 11.1. The number of halogens is 1. The summed E-state index contributed by atoms with van der Waals surface area (Å²) in [4.78, 5) is 12.3. The number of fused-ring (bicyclic) bond motifs is 1. The van der Waals surface area contributed by atoms with Crippen molar-refractivity contribution >= 4 is 23.5 Å². The van der Waals surface area contributed by atoms with Crippen molar-refractivity contribution in [2.75, 3.05) is 0 Å². The van der Waals surface area contributed by atoms with Gasteiger partial charge in [-0.3, -0.25) is 4.79 Å².